The molecule has 1 N–H and O–H groups in total. The number of fused-ring (bicyclic) bond motifs is 1. The molecule has 4 aromatic rings. The smallest absolute Gasteiger partial charge is 0.240 e. The number of aryl methyl sites for hydroxylation is 1. The van der Waals surface area contributed by atoms with Crippen molar-refractivity contribution in [3.8, 4) is 16.9 Å². The number of benzene rings is 2. The van der Waals surface area contributed by atoms with Gasteiger partial charge < -0.3 is 5.32 Å². The van der Waals surface area contributed by atoms with Crippen LogP contribution in [0.25, 0.3) is 16.9 Å². The van der Waals surface area contributed by atoms with Crippen LogP contribution >= 0.6 is 23.1 Å². The van der Waals surface area contributed by atoms with Crippen molar-refractivity contribution in [1.82, 2.24) is 15.1 Å². The summed E-state index contributed by atoms with van der Waals surface area (Å²) in [5.41, 5.74) is 4.70. The van der Waals surface area contributed by atoms with Crippen molar-refractivity contribution in [1.29, 1.82) is 0 Å². The fourth-order valence-corrected chi connectivity index (χ4v) is 6.60. The van der Waals surface area contributed by atoms with E-state index in [1.54, 1.807) is 28.0 Å². The van der Waals surface area contributed by atoms with Gasteiger partial charge in [0.05, 0.1) is 22.4 Å². The van der Waals surface area contributed by atoms with Crippen molar-refractivity contribution in [3.63, 3.8) is 0 Å². The van der Waals surface area contributed by atoms with Crippen molar-refractivity contribution in [3.05, 3.63) is 88.1 Å². The Morgan fingerprint density at radius 2 is 1.86 bits per heavy atom. The van der Waals surface area contributed by atoms with Crippen molar-refractivity contribution < 1.29 is 9.59 Å². The van der Waals surface area contributed by atoms with E-state index in [1.807, 2.05) is 79.2 Å². The van der Waals surface area contributed by atoms with Gasteiger partial charge in [-0.25, -0.2) is 4.68 Å². The molecule has 1 aliphatic heterocycles. The number of aromatic nitrogens is 2. The number of carbonyl (C=O) groups excluding carboxylic acids is 2. The predicted molar refractivity (Wildman–Crippen MR) is 148 cm³/mol. The maximum absolute atomic E-state index is 13.6. The van der Waals surface area contributed by atoms with Gasteiger partial charge in [0.1, 0.15) is 12.4 Å². The number of carbonyl (C=O) groups is 2. The van der Waals surface area contributed by atoms with Gasteiger partial charge >= 0.3 is 0 Å². The van der Waals surface area contributed by atoms with Gasteiger partial charge in [-0.05, 0) is 36.4 Å². The lowest BCUT2D eigenvalue weighted by Gasteiger charge is -2.23. The van der Waals surface area contributed by atoms with Gasteiger partial charge in [0.25, 0.3) is 0 Å². The number of nitrogens with zero attached hydrogens (tertiary/aromatic N) is 3. The first kappa shape index (κ1) is 24.3. The van der Waals surface area contributed by atoms with Gasteiger partial charge in [0, 0.05) is 22.5 Å². The molecule has 0 unspecified atom stereocenters. The molecule has 8 heteroatoms. The van der Waals surface area contributed by atoms with E-state index in [0.717, 1.165) is 39.4 Å². The highest BCUT2D eigenvalue weighted by molar-refractivity contribution is 8.00. The molecule has 0 aliphatic carbocycles. The Hall–Kier alpha value is -3.36. The molecule has 5 rings (SSSR count). The van der Waals surface area contributed by atoms with Gasteiger partial charge in [0.2, 0.25) is 11.8 Å². The monoisotopic (exact) mass is 516 g/mol. The highest BCUT2D eigenvalue weighted by Crippen LogP contribution is 2.49. The summed E-state index contributed by atoms with van der Waals surface area (Å²) in [6, 6.07) is 22.2. The van der Waals surface area contributed by atoms with Gasteiger partial charge in [-0.3, -0.25) is 14.5 Å². The molecule has 1 atom stereocenters. The van der Waals surface area contributed by atoms with Gasteiger partial charge in [-0.1, -0.05) is 61.5 Å². The Bertz CT molecular complexity index is 1370. The molecule has 36 heavy (non-hydrogen) atoms. The second-order valence-electron chi connectivity index (χ2n) is 8.69. The number of hydrogen-bond acceptors (Lipinski definition) is 5. The van der Waals surface area contributed by atoms with Crippen LogP contribution in [0.3, 0.4) is 0 Å². The van der Waals surface area contributed by atoms with Crippen LogP contribution in [0, 0.1) is 6.92 Å². The summed E-state index contributed by atoms with van der Waals surface area (Å²) in [6.45, 7) is 4.58. The van der Waals surface area contributed by atoms with Crippen LogP contribution in [0.2, 0.25) is 0 Å². The highest BCUT2D eigenvalue weighted by Gasteiger charge is 2.38. The fraction of sp³-hybridized carbons (Fsp3) is 0.250. The van der Waals surface area contributed by atoms with Crippen LogP contribution < -0.4 is 10.2 Å². The first-order valence-corrected chi connectivity index (χ1v) is 14.0. The zero-order valence-corrected chi connectivity index (χ0v) is 21.9. The Morgan fingerprint density at radius 1 is 1.08 bits per heavy atom. The third kappa shape index (κ3) is 4.70. The van der Waals surface area contributed by atoms with E-state index in [1.165, 1.54) is 0 Å². The number of anilines is 1. The number of rotatable bonds is 7. The van der Waals surface area contributed by atoms with Crippen molar-refractivity contribution in [2.45, 2.75) is 25.5 Å². The van der Waals surface area contributed by atoms with E-state index >= 15 is 0 Å². The highest BCUT2D eigenvalue weighted by atomic mass is 32.2. The molecule has 0 fully saturated rings. The molecule has 0 spiro atoms. The van der Waals surface area contributed by atoms with E-state index in [9.17, 15) is 9.59 Å². The van der Waals surface area contributed by atoms with Gasteiger partial charge in [-0.15, -0.1) is 23.1 Å². The van der Waals surface area contributed by atoms with Crippen LogP contribution in [0.5, 0.6) is 0 Å². The van der Waals surface area contributed by atoms with E-state index in [4.69, 9.17) is 5.10 Å². The molecule has 1 aliphatic rings. The molecule has 2 amide bonds. The van der Waals surface area contributed by atoms with Crippen LogP contribution in [-0.2, 0) is 9.59 Å². The lowest BCUT2D eigenvalue weighted by Crippen LogP contribution is -2.42. The third-order valence-electron chi connectivity index (χ3n) is 6.16. The lowest BCUT2D eigenvalue weighted by molar-refractivity contribution is -0.122. The number of amides is 2. The molecular weight excluding hydrogens is 488 g/mol. The van der Waals surface area contributed by atoms with Crippen molar-refractivity contribution in [2.75, 3.05) is 23.7 Å². The van der Waals surface area contributed by atoms with Crippen LogP contribution in [0.4, 0.5) is 5.82 Å². The maximum Gasteiger partial charge on any atom is 0.240 e. The summed E-state index contributed by atoms with van der Waals surface area (Å²) < 4.78 is 1.87. The van der Waals surface area contributed by atoms with E-state index in [2.05, 4.69) is 16.8 Å². The minimum absolute atomic E-state index is 0.0463. The quantitative estimate of drug-likeness (QED) is 0.347. The molecule has 0 radical (unpaired) electrons. The average molecular weight is 517 g/mol. The molecule has 6 nitrogen and oxygen atoms in total. The molecule has 3 heterocycles. The van der Waals surface area contributed by atoms with Gasteiger partial charge in [-0.2, -0.15) is 5.10 Å². The first-order valence-electron chi connectivity index (χ1n) is 12.0. The molecule has 184 valence electrons. The summed E-state index contributed by atoms with van der Waals surface area (Å²) >= 11 is 3.27. The van der Waals surface area contributed by atoms with E-state index in [0.29, 0.717) is 12.4 Å². The Kier molecular flexibility index (Phi) is 7.25. The zero-order valence-electron chi connectivity index (χ0n) is 20.3. The minimum atomic E-state index is -0.172. The Morgan fingerprint density at radius 3 is 2.58 bits per heavy atom. The second kappa shape index (κ2) is 10.7. The molecule has 0 bridgehead atoms. The van der Waals surface area contributed by atoms with Crippen LogP contribution in [-0.4, -0.2) is 40.4 Å². The molecule has 0 saturated heterocycles. The average Bonchev–Trinajstić information content (AvgIpc) is 3.53. The Balaban J connectivity index is 1.79. The zero-order chi connectivity index (χ0) is 25.1. The van der Waals surface area contributed by atoms with Gasteiger partial charge in [0.15, 0.2) is 0 Å². The minimum Gasteiger partial charge on any atom is -0.355 e. The number of thioether (sulfide) groups is 1. The fourth-order valence-electron chi connectivity index (χ4n) is 4.43. The number of nitrogens with one attached hydrogen (secondary N) is 1. The summed E-state index contributed by atoms with van der Waals surface area (Å²) in [5, 5.41) is 10.0. The normalized spacial score (nSPS) is 15.4. The number of thiophene rings is 1. The Labute approximate surface area is 219 Å². The first-order chi connectivity index (χ1) is 17.6. The molecule has 0 saturated carbocycles. The maximum atomic E-state index is 13.6. The standard InChI is InChI=1S/C28H28N4O2S2/c1-3-15-29-23(33)17-31-24(34)18-36-27(22-14-9-16-35-22)25-26(20-11-5-4-6-12-20)30-32(28(25)31)21-13-8-7-10-19(21)2/h4-14,16,27H,3,15,17-18H2,1-2H3,(H,29,33)/t27-/m1/s1. The lowest BCUT2D eigenvalue weighted by atomic mass is 10.0. The van der Waals surface area contributed by atoms with E-state index in [-0.39, 0.29) is 29.4 Å². The topological polar surface area (TPSA) is 67.2 Å². The number of para-hydroxylation sites is 1. The van der Waals surface area contributed by atoms with Crippen molar-refractivity contribution in [2.24, 2.45) is 0 Å². The number of hydrogen-bond donors (Lipinski definition) is 1. The summed E-state index contributed by atoms with van der Waals surface area (Å²) in [4.78, 5) is 29.3. The van der Waals surface area contributed by atoms with Crippen molar-refractivity contribution >= 4 is 40.7 Å². The van der Waals surface area contributed by atoms with Crippen LogP contribution in [0.15, 0.2) is 72.1 Å². The summed E-state index contributed by atoms with van der Waals surface area (Å²) in [6.07, 6.45) is 0.834. The van der Waals surface area contributed by atoms with E-state index < -0.39 is 0 Å². The molecular formula is C28H28N4O2S2. The third-order valence-corrected chi connectivity index (χ3v) is 8.48. The summed E-state index contributed by atoms with van der Waals surface area (Å²) in [5.74, 6) is 0.680. The predicted octanol–water partition coefficient (Wildman–Crippen LogP) is 5.60. The largest absolute Gasteiger partial charge is 0.355 e. The van der Waals surface area contributed by atoms with Crippen LogP contribution in [0.1, 0.15) is 34.6 Å². The summed E-state index contributed by atoms with van der Waals surface area (Å²) in [7, 11) is 0. The molecule has 2 aromatic carbocycles. The second-order valence-corrected chi connectivity index (χ2v) is 10.8. The SMILES string of the molecule is CCCNC(=O)CN1C(=O)CS[C@H](c2cccs2)c2c(-c3ccccc3)nn(-c3ccccc3C)c21. The molecule has 2 aromatic heterocycles.